The Morgan fingerprint density at radius 2 is 1.95 bits per heavy atom. The van der Waals surface area contributed by atoms with Crippen LogP contribution in [0.5, 0.6) is 0 Å². The first-order valence-corrected chi connectivity index (χ1v) is 6.90. The molecule has 1 heterocycles. The molecule has 1 saturated heterocycles. The molecule has 0 atom stereocenters. The van der Waals surface area contributed by atoms with Crippen LogP contribution in [0.3, 0.4) is 0 Å². The van der Waals surface area contributed by atoms with Crippen LogP contribution in [0.25, 0.3) is 0 Å². The van der Waals surface area contributed by atoms with Gasteiger partial charge in [-0.05, 0) is 50.4 Å². The normalized spacial score (nSPS) is 15.8. The monoisotopic (exact) mass is 277 g/mol. The summed E-state index contributed by atoms with van der Waals surface area (Å²) in [6.45, 7) is 2.77. The Bertz CT molecular complexity index is 467. The Labute approximate surface area is 117 Å². The SMILES string of the molecule is O=C(NCCC1CCNCC1)c1ccc([N+](=O)[O-])cc1. The molecule has 1 fully saturated rings. The molecule has 1 aliphatic heterocycles. The number of piperidine rings is 1. The third-order valence-corrected chi connectivity index (χ3v) is 3.64. The van der Waals surface area contributed by atoms with Crippen molar-refractivity contribution in [3.8, 4) is 0 Å². The minimum atomic E-state index is -0.473. The van der Waals surface area contributed by atoms with Gasteiger partial charge in [0.25, 0.3) is 11.6 Å². The van der Waals surface area contributed by atoms with Crippen LogP contribution >= 0.6 is 0 Å². The van der Waals surface area contributed by atoms with Crippen molar-refractivity contribution < 1.29 is 9.72 Å². The molecule has 1 aromatic carbocycles. The lowest BCUT2D eigenvalue weighted by Gasteiger charge is -2.22. The zero-order valence-corrected chi connectivity index (χ0v) is 11.3. The standard InChI is InChI=1S/C14H19N3O3/c18-14(12-1-3-13(4-2-12)17(19)20)16-10-7-11-5-8-15-9-6-11/h1-4,11,15H,5-10H2,(H,16,18). The highest BCUT2D eigenvalue weighted by Crippen LogP contribution is 2.15. The number of nitrogens with one attached hydrogen (secondary N) is 2. The van der Waals surface area contributed by atoms with E-state index in [1.807, 2.05) is 0 Å². The molecule has 2 N–H and O–H groups in total. The fraction of sp³-hybridized carbons (Fsp3) is 0.500. The molecule has 20 heavy (non-hydrogen) atoms. The number of benzene rings is 1. The average molecular weight is 277 g/mol. The van der Waals surface area contributed by atoms with Gasteiger partial charge in [0, 0.05) is 24.2 Å². The van der Waals surface area contributed by atoms with Gasteiger partial charge in [0.2, 0.25) is 0 Å². The predicted molar refractivity (Wildman–Crippen MR) is 75.6 cm³/mol. The first-order valence-electron chi connectivity index (χ1n) is 6.90. The van der Waals surface area contributed by atoms with Crippen LogP contribution in [0.1, 0.15) is 29.6 Å². The average Bonchev–Trinajstić information content (AvgIpc) is 2.48. The molecular weight excluding hydrogens is 258 g/mol. The van der Waals surface area contributed by atoms with Gasteiger partial charge in [0.1, 0.15) is 0 Å². The summed E-state index contributed by atoms with van der Waals surface area (Å²) in [6, 6.07) is 5.67. The molecule has 0 aliphatic carbocycles. The number of carbonyl (C=O) groups is 1. The molecule has 0 spiro atoms. The van der Waals surface area contributed by atoms with Crippen LogP contribution in [0, 0.1) is 16.0 Å². The van der Waals surface area contributed by atoms with Gasteiger partial charge in [-0.15, -0.1) is 0 Å². The van der Waals surface area contributed by atoms with Gasteiger partial charge in [-0.3, -0.25) is 14.9 Å². The minimum Gasteiger partial charge on any atom is -0.352 e. The molecule has 1 aromatic rings. The maximum Gasteiger partial charge on any atom is 0.269 e. The van der Waals surface area contributed by atoms with Crippen molar-refractivity contribution in [3.63, 3.8) is 0 Å². The van der Waals surface area contributed by atoms with Gasteiger partial charge in [-0.1, -0.05) is 0 Å². The Kier molecular flexibility index (Phi) is 5.06. The fourth-order valence-corrected chi connectivity index (χ4v) is 2.40. The van der Waals surface area contributed by atoms with E-state index < -0.39 is 4.92 Å². The second kappa shape index (κ2) is 7.00. The second-order valence-electron chi connectivity index (χ2n) is 5.04. The number of amides is 1. The summed E-state index contributed by atoms with van der Waals surface area (Å²) in [4.78, 5) is 21.9. The van der Waals surface area contributed by atoms with Crippen molar-refractivity contribution in [2.24, 2.45) is 5.92 Å². The van der Waals surface area contributed by atoms with Gasteiger partial charge in [-0.25, -0.2) is 0 Å². The lowest BCUT2D eigenvalue weighted by molar-refractivity contribution is -0.384. The van der Waals surface area contributed by atoms with E-state index in [1.54, 1.807) is 0 Å². The van der Waals surface area contributed by atoms with Crippen molar-refractivity contribution in [1.82, 2.24) is 10.6 Å². The molecular formula is C14H19N3O3. The smallest absolute Gasteiger partial charge is 0.269 e. The minimum absolute atomic E-state index is 0.00347. The molecule has 1 aliphatic rings. The van der Waals surface area contributed by atoms with E-state index in [-0.39, 0.29) is 11.6 Å². The largest absolute Gasteiger partial charge is 0.352 e. The summed E-state index contributed by atoms with van der Waals surface area (Å²) in [7, 11) is 0. The topological polar surface area (TPSA) is 84.3 Å². The number of hydrogen-bond acceptors (Lipinski definition) is 4. The Morgan fingerprint density at radius 3 is 2.55 bits per heavy atom. The molecule has 108 valence electrons. The third kappa shape index (κ3) is 4.03. The third-order valence-electron chi connectivity index (χ3n) is 3.64. The van der Waals surface area contributed by atoms with Crippen LogP contribution in [-0.2, 0) is 0 Å². The molecule has 6 heteroatoms. The predicted octanol–water partition coefficient (Wildman–Crippen LogP) is 1.71. The van der Waals surface area contributed by atoms with Crippen molar-refractivity contribution in [1.29, 1.82) is 0 Å². The fourth-order valence-electron chi connectivity index (χ4n) is 2.40. The molecule has 0 saturated carbocycles. The van der Waals surface area contributed by atoms with Gasteiger partial charge < -0.3 is 10.6 Å². The van der Waals surface area contributed by atoms with Crippen LogP contribution in [0.2, 0.25) is 0 Å². The molecule has 0 bridgehead atoms. The first kappa shape index (κ1) is 14.5. The Hall–Kier alpha value is -1.95. The van der Waals surface area contributed by atoms with E-state index in [2.05, 4.69) is 10.6 Å². The van der Waals surface area contributed by atoms with E-state index in [9.17, 15) is 14.9 Å². The van der Waals surface area contributed by atoms with E-state index in [4.69, 9.17) is 0 Å². The highest BCUT2D eigenvalue weighted by Gasteiger charge is 2.13. The highest BCUT2D eigenvalue weighted by atomic mass is 16.6. The molecule has 0 aromatic heterocycles. The molecule has 0 radical (unpaired) electrons. The van der Waals surface area contributed by atoms with Crippen molar-refractivity contribution in [2.45, 2.75) is 19.3 Å². The second-order valence-corrected chi connectivity index (χ2v) is 5.04. The maximum absolute atomic E-state index is 11.9. The lowest BCUT2D eigenvalue weighted by Crippen LogP contribution is -2.31. The summed E-state index contributed by atoms with van der Waals surface area (Å²) < 4.78 is 0. The molecule has 0 unspecified atom stereocenters. The van der Waals surface area contributed by atoms with Crippen LogP contribution in [-0.4, -0.2) is 30.5 Å². The zero-order valence-electron chi connectivity index (χ0n) is 11.3. The van der Waals surface area contributed by atoms with Crippen LogP contribution < -0.4 is 10.6 Å². The van der Waals surface area contributed by atoms with E-state index in [0.29, 0.717) is 18.0 Å². The van der Waals surface area contributed by atoms with Crippen LogP contribution in [0.15, 0.2) is 24.3 Å². The van der Waals surface area contributed by atoms with E-state index >= 15 is 0 Å². The summed E-state index contributed by atoms with van der Waals surface area (Å²) >= 11 is 0. The van der Waals surface area contributed by atoms with Crippen LogP contribution in [0.4, 0.5) is 5.69 Å². The highest BCUT2D eigenvalue weighted by molar-refractivity contribution is 5.94. The first-order chi connectivity index (χ1) is 9.66. The number of nitro groups is 1. The maximum atomic E-state index is 11.9. The summed E-state index contributed by atoms with van der Waals surface area (Å²) in [5.41, 5.74) is 0.456. The number of carbonyl (C=O) groups excluding carboxylic acids is 1. The zero-order chi connectivity index (χ0) is 14.4. The summed E-state index contributed by atoms with van der Waals surface area (Å²) in [5.74, 6) is 0.502. The number of rotatable bonds is 5. The van der Waals surface area contributed by atoms with E-state index in [0.717, 1.165) is 32.4 Å². The van der Waals surface area contributed by atoms with Gasteiger partial charge in [0.15, 0.2) is 0 Å². The molecule has 1 amide bonds. The molecule has 2 rings (SSSR count). The van der Waals surface area contributed by atoms with Crippen molar-refractivity contribution >= 4 is 11.6 Å². The number of nitro benzene ring substituents is 1. The lowest BCUT2D eigenvalue weighted by atomic mass is 9.95. The van der Waals surface area contributed by atoms with Crippen molar-refractivity contribution in [2.75, 3.05) is 19.6 Å². The molecule has 6 nitrogen and oxygen atoms in total. The van der Waals surface area contributed by atoms with Gasteiger partial charge in [0.05, 0.1) is 4.92 Å². The summed E-state index contributed by atoms with van der Waals surface area (Å²) in [5, 5.41) is 16.7. The Morgan fingerprint density at radius 1 is 1.30 bits per heavy atom. The van der Waals surface area contributed by atoms with Crippen molar-refractivity contribution in [3.05, 3.63) is 39.9 Å². The van der Waals surface area contributed by atoms with Gasteiger partial charge in [-0.2, -0.15) is 0 Å². The quantitative estimate of drug-likeness (QED) is 0.634. The van der Waals surface area contributed by atoms with Gasteiger partial charge >= 0.3 is 0 Å². The Balaban J connectivity index is 1.77. The van der Waals surface area contributed by atoms with E-state index in [1.165, 1.54) is 24.3 Å². The summed E-state index contributed by atoms with van der Waals surface area (Å²) in [6.07, 6.45) is 3.31. The number of non-ortho nitro benzene ring substituents is 1. The number of nitrogens with zero attached hydrogens (tertiary/aromatic N) is 1. The number of hydrogen-bond donors (Lipinski definition) is 2.